The fraction of sp³-hybridized carbons (Fsp3) is 0.650. The Labute approximate surface area is 188 Å². The zero-order valence-electron chi connectivity index (χ0n) is 18.2. The number of nitrogens with zero attached hydrogens (tertiary/aromatic N) is 3. The number of ether oxygens (including phenoxy) is 2. The molecule has 0 amide bonds. The SMILES string of the molecule is CCCCC(CCCC(=O)OC[C@H]1O[C@@H](n2cnc3c(=O)[nH]c(N)nc32)[C@H](O)[C@@H]1O)C(=O)O. The predicted molar refractivity (Wildman–Crippen MR) is 114 cm³/mol. The number of aliphatic hydroxyl groups is 2. The van der Waals surface area contributed by atoms with Crippen molar-refractivity contribution in [1.82, 2.24) is 19.5 Å². The Hall–Kier alpha value is -3.03. The molecule has 2 aromatic heterocycles. The Kier molecular flexibility index (Phi) is 8.00. The first-order chi connectivity index (χ1) is 15.7. The van der Waals surface area contributed by atoms with Crippen molar-refractivity contribution in [3.05, 3.63) is 16.7 Å². The third-order valence-electron chi connectivity index (χ3n) is 5.66. The highest BCUT2D eigenvalue weighted by molar-refractivity contribution is 5.71. The molecule has 1 unspecified atom stereocenters. The number of aromatic amines is 1. The van der Waals surface area contributed by atoms with Crippen molar-refractivity contribution in [2.75, 3.05) is 12.3 Å². The summed E-state index contributed by atoms with van der Waals surface area (Å²) in [5, 5.41) is 30.0. The maximum atomic E-state index is 12.1. The number of unbranched alkanes of at least 4 members (excludes halogenated alkanes) is 1. The molecule has 0 aliphatic carbocycles. The molecule has 1 fully saturated rings. The first kappa shape index (κ1) is 24.6. The molecule has 1 aliphatic heterocycles. The molecular formula is C20H29N5O8. The number of imidazole rings is 1. The maximum absolute atomic E-state index is 12.1. The molecule has 3 rings (SSSR count). The quantitative estimate of drug-likeness (QED) is 0.277. The van der Waals surface area contributed by atoms with Gasteiger partial charge in [-0.1, -0.05) is 19.8 Å². The van der Waals surface area contributed by atoms with Crippen molar-refractivity contribution in [1.29, 1.82) is 0 Å². The number of aliphatic carboxylic acids is 1. The van der Waals surface area contributed by atoms with Crippen molar-refractivity contribution in [3.8, 4) is 0 Å². The molecular weight excluding hydrogens is 438 g/mol. The van der Waals surface area contributed by atoms with Gasteiger partial charge in [0.15, 0.2) is 17.4 Å². The average molecular weight is 467 g/mol. The maximum Gasteiger partial charge on any atom is 0.306 e. The number of aliphatic hydroxyl groups excluding tert-OH is 2. The van der Waals surface area contributed by atoms with E-state index in [1.54, 1.807) is 0 Å². The fourth-order valence-corrected chi connectivity index (χ4v) is 3.81. The number of nitrogens with one attached hydrogen (secondary N) is 1. The number of fused-ring (bicyclic) bond motifs is 1. The smallest absolute Gasteiger partial charge is 0.306 e. The molecule has 0 radical (unpaired) electrons. The van der Waals surface area contributed by atoms with E-state index < -0.39 is 48.0 Å². The lowest BCUT2D eigenvalue weighted by Crippen LogP contribution is -2.34. The van der Waals surface area contributed by atoms with Crippen LogP contribution in [0.15, 0.2) is 11.1 Å². The van der Waals surface area contributed by atoms with E-state index in [2.05, 4.69) is 15.0 Å². The molecule has 5 atom stereocenters. The number of anilines is 1. The summed E-state index contributed by atoms with van der Waals surface area (Å²) in [6, 6.07) is 0. The fourth-order valence-electron chi connectivity index (χ4n) is 3.81. The highest BCUT2D eigenvalue weighted by Gasteiger charge is 2.45. The van der Waals surface area contributed by atoms with Gasteiger partial charge in [0.1, 0.15) is 24.9 Å². The van der Waals surface area contributed by atoms with Gasteiger partial charge < -0.3 is 30.5 Å². The van der Waals surface area contributed by atoms with Crippen LogP contribution in [0.3, 0.4) is 0 Å². The number of aromatic nitrogens is 4. The van der Waals surface area contributed by atoms with Crippen LogP contribution < -0.4 is 11.3 Å². The summed E-state index contributed by atoms with van der Waals surface area (Å²) >= 11 is 0. The van der Waals surface area contributed by atoms with Gasteiger partial charge in [0, 0.05) is 6.42 Å². The van der Waals surface area contributed by atoms with Crippen LogP contribution in [0.25, 0.3) is 11.2 Å². The van der Waals surface area contributed by atoms with E-state index in [-0.39, 0.29) is 30.1 Å². The highest BCUT2D eigenvalue weighted by Crippen LogP contribution is 2.31. The van der Waals surface area contributed by atoms with Gasteiger partial charge in [-0.3, -0.25) is 23.9 Å². The minimum Gasteiger partial charge on any atom is -0.481 e. The molecule has 33 heavy (non-hydrogen) atoms. The van der Waals surface area contributed by atoms with E-state index in [1.807, 2.05) is 6.92 Å². The second-order valence-corrected chi connectivity index (χ2v) is 8.07. The Morgan fingerprint density at radius 3 is 2.73 bits per heavy atom. The lowest BCUT2D eigenvalue weighted by atomic mass is 9.96. The summed E-state index contributed by atoms with van der Waals surface area (Å²) in [7, 11) is 0. The number of hydrogen-bond donors (Lipinski definition) is 5. The minimum atomic E-state index is -1.40. The number of hydrogen-bond acceptors (Lipinski definition) is 10. The van der Waals surface area contributed by atoms with Crippen LogP contribution in [-0.4, -0.2) is 71.7 Å². The average Bonchev–Trinajstić information content (AvgIpc) is 3.30. The largest absolute Gasteiger partial charge is 0.481 e. The summed E-state index contributed by atoms with van der Waals surface area (Å²) < 4.78 is 12.1. The number of carbonyl (C=O) groups is 2. The molecule has 182 valence electrons. The number of esters is 1. The van der Waals surface area contributed by atoms with Crippen LogP contribution >= 0.6 is 0 Å². The number of carbonyl (C=O) groups excluding carboxylic acids is 1. The van der Waals surface area contributed by atoms with Crippen LogP contribution in [-0.2, 0) is 19.1 Å². The zero-order valence-corrected chi connectivity index (χ0v) is 18.2. The van der Waals surface area contributed by atoms with Crippen LogP contribution in [0.4, 0.5) is 5.95 Å². The number of H-pyrrole nitrogens is 1. The van der Waals surface area contributed by atoms with Crippen molar-refractivity contribution in [2.45, 2.75) is 70.0 Å². The van der Waals surface area contributed by atoms with E-state index in [4.69, 9.17) is 15.2 Å². The van der Waals surface area contributed by atoms with Gasteiger partial charge in [0.25, 0.3) is 5.56 Å². The molecule has 0 spiro atoms. The summed E-state index contributed by atoms with van der Waals surface area (Å²) in [6.07, 6.45) is -0.647. The van der Waals surface area contributed by atoms with Gasteiger partial charge in [-0.2, -0.15) is 4.98 Å². The Bertz CT molecular complexity index is 1040. The Balaban J connectivity index is 1.54. The van der Waals surface area contributed by atoms with E-state index in [0.29, 0.717) is 19.3 Å². The van der Waals surface area contributed by atoms with Crippen LogP contribution in [0.2, 0.25) is 0 Å². The normalized spacial score (nSPS) is 23.6. The molecule has 1 aliphatic rings. The lowest BCUT2D eigenvalue weighted by Gasteiger charge is -2.16. The number of rotatable bonds is 11. The van der Waals surface area contributed by atoms with Crippen LogP contribution in [0, 0.1) is 5.92 Å². The number of nitrogen functional groups attached to an aromatic ring is 1. The van der Waals surface area contributed by atoms with Gasteiger partial charge in [-0.15, -0.1) is 0 Å². The van der Waals surface area contributed by atoms with Gasteiger partial charge in [0.05, 0.1) is 12.2 Å². The summed E-state index contributed by atoms with van der Waals surface area (Å²) in [5.41, 5.74) is 5.07. The predicted octanol–water partition coefficient (Wildman–Crippen LogP) is -0.0745. The van der Waals surface area contributed by atoms with E-state index in [1.165, 1.54) is 10.9 Å². The summed E-state index contributed by atoms with van der Waals surface area (Å²) in [6.45, 7) is 1.67. The van der Waals surface area contributed by atoms with Crippen LogP contribution in [0.1, 0.15) is 51.7 Å². The molecule has 13 heteroatoms. The van der Waals surface area contributed by atoms with Gasteiger partial charge in [-0.05, 0) is 19.3 Å². The number of carboxylic acid groups (broad SMARTS) is 1. The molecule has 0 aromatic carbocycles. The highest BCUT2D eigenvalue weighted by atomic mass is 16.6. The molecule has 1 saturated heterocycles. The Morgan fingerprint density at radius 1 is 1.30 bits per heavy atom. The van der Waals surface area contributed by atoms with Crippen molar-refractivity contribution in [2.24, 2.45) is 5.92 Å². The summed E-state index contributed by atoms with van der Waals surface area (Å²) in [4.78, 5) is 45.5. The van der Waals surface area contributed by atoms with Crippen molar-refractivity contribution < 1.29 is 34.4 Å². The molecule has 13 nitrogen and oxygen atoms in total. The lowest BCUT2D eigenvalue weighted by molar-refractivity contribution is -0.151. The second kappa shape index (κ2) is 10.7. The van der Waals surface area contributed by atoms with Gasteiger partial charge in [-0.25, -0.2) is 4.98 Å². The summed E-state index contributed by atoms with van der Waals surface area (Å²) in [5.74, 6) is -2.07. The van der Waals surface area contributed by atoms with Gasteiger partial charge >= 0.3 is 11.9 Å². The molecule has 6 N–H and O–H groups in total. The standard InChI is InChI=1S/C20H29N5O8/c1-2-3-5-10(19(30)31)6-4-7-12(26)32-8-11-14(27)15(28)18(33-11)25-9-22-13-16(25)23-20(21)24-17(13)29/h9-11,14-15,18,27-28H,2-8H2,1H3,(H,30,31)(H3,21,23,24,29)/t10?,11-,14-,15-,18-/m1/s1. The van der Waals surface area contributed by atoms with Crippen molar-refractivity contribution >= 4 is 29.1 Å². The van der Waals surface area contributed by atoms with Crippen molar-refractivity contribution in [3.63, 3.8) is 0 Å². The van der Waals surface area contributed by atoms with E-state index >= 15 is 0 Å². The zero-order chi connectivity index (χ0) is 24.1. The molecule has 3 heterocycles. The van der Waals surface area contributed by atoms with Crippen LogP contribution in [0.5, 0.6) is 0 Å². The molecule has 0 saturated carbocycles. The Morgan fingerprint density at radius 2 is 2.03 bits per heavy atom. The van der Waals surface area contributed by atoms with E-state index in [0.717, 1.165) is 12.8 Å². The molecule has 2 aromatic rings. The topological polar surface area (TPSA) is 203 Å². The minimum absolute atomic E-state index is 0.0111. The van der Waals surface area contributed by atoms with Gasteiger partial charge in [0.2, 0.25) is 5.95 Å². The third kappa shape index (κ3) is 5.67. The third-order valence-corrected chi connectivity index (χ3v) is 5.66. The second-order valence-electron chi connectivity index (χ2n) is 8.07. The number of carboxylic acids is 1. The van der Waals surface area contributed by atoms with E-state index in [9.17, 15) is 29.7 Å². The monoisotopic (exact) mass is 467 g/mol. The first-order valence-corrected chi connectivity index (χ1v) is 10.8. The first-order valence-electron chi connectivity index (χ1n) is 10.8. The number of nitrogens with two attached hydrogens (primary N) is 1. The molecule has 0 bridgehead atoms.